The second-order valence-electron chi connectivity index (χ2n) is 5.75. The van der Waals surface area contributed by atoms with Gasteiger partial charge in [0.25, 0.3) is 0 Å². The van der Waals surface area contributed by atoms with Gasteiger partial charge < -0.3 is 10.2 Å². The minimum Gasteiger partial charge on any atom is -0.508 e. The highest BCUT2D eigenvalue weighted by Crippen LogP contribution is 2.06. The molecule has 0 aliphatic carbocycles. The van der Waals surface area contributed by atoms with E-state index >= 15 is 0 Å². The van der Waals surface area contributed by atoms with Crippen LogP contribution in [0, 0.1) is 5.92 Å². The molecule has 0 aromatic heterocycles. The lowest BCUT2D eigenvalue weighted by atomic mass is 10.0. The van der Waals surface area contributed by atoms with Crippen LogP contribution in [0.5, 0.6) is 11.5 Å². The lowest BCUT2D eigenvalue weighted by molar-refractivity contribution is 0.475. The van der Waals surface area contributed by atoms with Gasteiger partial charge in [0.2, 0.25) is 0 Å². The van der Waals surface area contributed by atoms with Crippen LogP contribution in [0.4, 0.5) is 0 Å². The van der Waals surface area contributed by atoms with Gasteiger partial charge in [-0.2, -0.15) is 0 Å². The highest BCUT2D eigenvalue weighted by molar-refractivity contribution is 5.19. The van der Waals surface area contributed by atoms with Gasteiger partial charge in [0.15, 0.2) is 0 Å². The fourth-order valence-electron chi connectivity index (χ4n) is 1.94. The predicted molar refractivity (Wildman–Crippen MR) is 101 cm³/mol. The Morgan fingerprint density at radius 1 is 0.583 bits per heavy atom. The van der Waals surface area contributed by atoms with Gasteiger partial charge in [0.05, 0.1) is 0 Å². The molecule has 0 aliphatic rings. The first kappa shape index (κ1) is 19.3. The monoisotopic (exact) mass is 322 g/mol. The molecular weight excluding hydrogens is 296 g/mol. The van der Waals surface area contributed by atoms with Gasteiger partial charge in [-0.3, -0.25) is 0 Å². The van der Waals surface area contributed by atoms with E-state index < -0.39 is 0 Å². The highest BCUT2D eigenvalue weighted by Gasteiger charge is 1.94. The topological polar surface area (TPSA) is 40.5 Å². The summed E-state index contributed by atoms with van der Waals surface area (Å²) in [6.07, 6.45) is 1.20. The summed E-state index contributed by atoms with van der Waals surface area (Å²) in [7, 11) is 0. The van der Waals surface area contributed by atoms with E-state index in [0.717, 1.165) is 5.92 Å². The molecule has 0 aliphatic heterocycles. The maximum Gasteiger partial charge on any atom is 0.115 e. The molecule has 0 heterocycles. The van der Waals surface area contributed by atoms with E-state index in [1.807, 2.05) is 12.1 Å². The minimum absolute atomic E-state index is 0.322. The molecule has 3 aromatic carbocycles. The number of aromatic hydroxyl groups is 2. The van der Waals surface area contributed by atoms with Crippen molar-refractivity contribution >= 4 is 0 Å². The average molecular weight is 322 g/mol. The first-order chi connectivity index (χ1) is 11.6. The van der Waals surface area contributed by atoms with Crippen molar-refractivity contribution < 1.29 is 10.2 Å². The molecule has 24 heavy (non-hydrogen) atoms. The SMILES string of the molecule is CC(C)Cc1ccccc1.Oc1ccccc1.Oc1ccccc1. The van der Waals surface area contributed by atoms with Crippen molar-refractivity contribution in [2.75, 3.05) is 0 Å². The van der Waals surface area contributed by atoms with Crippen LogP contribution >= 0.6 is 0 Å². The summed E-state index contributed by atoms with van der Waals surface area (Å²) in [6, 6.07) is 28.0. The van der Waals surface area contributed by atoms with Crippen molar-refractivity contribution in [1.29, 1.82) is 0 Å². The number of hydrogen-bond donors (Lipinski definition) is 2. The van der Waals surface area contributed by atoms with Crippen molar-refractivity contribution in [2.45, 2.75) is 20.3 Å². The molecule has 0 saturated heterocycles. The molecule has 3 rings (SSSR count). The van der Waals surface area contributed by atoms with Gasteiger partial charge in [0.1, 0.15) is 11.5 Å². The second-order valence-corrected chi connectivity index (χ2v) is 5.75. The van der Waals surface area contributed by atoms with Crippen molar-refractivity contribution in [2.24, 2.45) is 5.92 Å². The number of para-hydroxylation sites is 2. The van der Waals surface area contributed by atoms with Gasteiger partial charge in [-0.05, 0) is 42.2 Å². The molecule has 2 nitrogen and oxygen atoms in total. The Kier molecular flexibility index (Phi) is 9.48. The summed E-state index contributed by atoms with van der Waals surface area (Å²) in [6.45, 7) is 4.49. The van der Waals surface area contributed by atoms with Crippen LogP contribution in [0.15, 0.2) is 91.0 Å². The lowest BCUT2D eigenvalue weighted by Crippen LogP contribution is -1.92. The first-order valence-electron chi connectivity index (χ1n) is 8.10. The molecule has 0 unspecified atom stereocenters. The molecular formula is C22H26O2. The number of phenolic OH excluding ortho intramolecular Hbond substituents is 2. The van der Waals surface area contributed by atoms with Crippen LogP contribution in [0.3, 0.4) is 0 Å². The summed E-state index contributed by atoms with van der Waals surface area (Å²) >= 11 is 0. The van der Waals surface area contributed by atoms with E-state index in [-0.39, 0.29) is 0 Å². The summed E-state index contributed by atoms with van der Waals surface area (Å²) < 4.78 is 0. The molecule has 0 spiro atoms. The molecule has 0 saturated carbocycles. The van der Waals surface area contributed by atoms with Crippen molar-refractivity contribution in [3.63, 3.8) is 0 Å². The summed E-state index contributed by atoms with van der Waals surface area (Å²) in [4.78, 5) is 0. The smallest absolute Gasteiger partial charge is 0.115 e. The quantitative estimate of drug-likeness (QED) is 0.638. The maximum absolute atomic E-state index is 8.63. The largest absolute Gasteiger partial charge is 0.508 e. The van der Waals surface area contributed by atoms with E-state index in [9.17, 15) is 0 Å². The molecule has 0 radical (unpaired) electrons. The Bertz CT molecular complexity index is 597. The lowest BCUT2D eigenvalue weighted by Gasteiger charge is -2.02. The summed E-state index contributed by atoms with van der Waals surface area (Å²) in [5.41, 5.74) is 1.44. The van der Waals surface area contributed by atoms with Crippen LogP contribution in [0.2, 0.25) is 0 Å². The van der Waals surface area contributed by atoms with Crippen LogP contribution in [-0.2, 0) is 6.42 Å². The number of rotatable bonds is 2. The third kappa shape index (κ3) is 10.1. The minimum atomic E-state index is 0.322. The van der Waals surface area contributed by atoms with E-state index in [1.165, 1.54) is 12.0 Å². The fraction of sp³-hybridized carbons (Fsp3) is 0.182. The zero-order valence-corrected chi connectivity index (χ0v) is 14.3. The number of phenols is 2. The Morgan fingerprint density at radius 2 is 0.917 bits per heavy atom. The Balaban J connectivity index is 0.000000185. The summed E-state index contributed by atoms with van der Waals surface area (Å²) in [5, 5.41) is 17.3. The van der Waals surface area contributed by atoms with Crippen LogP contribution in [0.1, 0.15) is 19.4 Å². The Hall–Kier alpha value is -2.74. The van der Waals surface area contributed by atoms with E-state index in [0.29, 0.717) is 11.5 Å². The van der Waals surface area contributed by atoms with Crippen molar-refractivity contribution in [1.82, 2.24) is 0 Å². The van der Waals surface area contributed by atoms with Crippen molar-refractivity contribution in [3.8, 4) is 11.5 Å². The normalized spacial score (nSPS) is 9.29. The van der Waals surface area contributed by atoms with Crippen LogP contribution in [-0.4, -0.2) is 10.2 Å². The van der Waals surface area contributed by atoms with Gasteiger partial charge >= 0.3 is 0 Å². The summed E-state index contributed by atoms with van der Waals surface area (Å²) in [5.74, 6) is 1.41. The zero-order valence-electron chi connectivity index (χ0n) is 14.3. The van der Waals surface area contributed by atoms with E-state index in [4.69, 9.17) is 10.2 Å². The Labute approximate surface area is 145 Å². The maximum atomic E-state index is 8.63. The fourth-order valence-corrected chi connectivity index (χ4v) is 1.94. The molecule has 3 aromatic rings. The molecule has 0 fully saturated rings. The average Bonchev–Trinajstić information content (AvgIpc) is 2.58. The third-order valence-corrected chi connectivity index (χ3v) is 3.00. The zero-order chi connectivity index (χ0) is 17.6. The molecule has 0 bridgehead atoms. The third-order valence-electron chi connectivity index (χ3n) is 3.00. The van der Waals surface area contributed by atoms with E-state index in [2.05, 4.69) is 44.2 Å². The molecule has 0 amide bonds. The van der Waals surface area contributed by atoms with Gasteiger partial charge in [0, 0.05) is 0 Å². The molecule has 0 atom stereocenters. The standard InChI is InChI=1S/C10H14.2C6H6O/c1-9(2)8-10-6-4-3-5-7-10;2*7-6-4-2-1-3-5-6/h3-7,9H,8H2,1-2H3;2*1-5,7H. The Morgan fingerprint density at radius 3 is 1.17 bits per heavy atom. The number of benzene rings is 3. The number of hydrogen-bond acceptors (Lipinski definition) is 2. The van der Waals surface area contributed by atoms with Gasteiger partial charge in [-0.25, -0.2) is 0 Å². The first-order valence-corrected chi connectivity index (χ1v) is 8.10. The van der Waals surface area contributed by atoms with Gasteiger partial charge in [-0.1, -0.05) is 80.6 Å². The second kappa shape index (κ2) is 11.8. The highest BCUT2D eigenvalue weighted by atomic mass is 16.3. The van der Waals surface area contributed by atoms with Gasteiger partial charge in [-0.15, -0.1) is 0 Å². The van der Waals surface area contributed by atoms with Crippen LogP contribution < -0.4 is 0 Å². The molecule has 126 valence electrons. The van der Waals surface area contributed by atoms with Crippen LogP contribution in [0.25, 0.3) is 0 Å². The van der Waals surface area contributed by atoms with E-state index in [1.54, 1.807) is 48.5 Å². The van der Waals surface area contributed by atoms with Crippen molar-refractivity contribution in [3.05, 3.63) is 96.6 Å². The molecule has 2 heteroatoms. The predicted octanol–water partition coefficient (Wildman–Crippen LogP) is 5.67. The molecule has 2 N–H and O–H groups in total.